The molecule has 3 aromatic heterocycles. The number of nitrogen functional groups attached to an aromatic ring is 1. The first-order valence-corrected chi connectivity index (χ1v) is 6.42. The van der Waals surface area contributed by atoms with Crippen molar-refractivity contribution in [3.63, 3.8) is 0 Å². The van der Waals surface area contributed by atoms with Crippen LogP contribution in [0.3, 0.4) is 0 Å². The summed E-state index contributed by atoms with van der Waals surface area (Å²) in [4.78, 5) is 4.92. The number of pyridine rings is 1. The lowest BCUT2D eigenvalue weighted by Crippen LogP contribution is -1.87. The minimum Gasteiger partial charge on any atom is -0.367 e. The van der Waals surface area contributed by atoms with Gasteiger partial charge in [0.2, 0.25) is 5.88 Å². The molecular weight excluding hydrogens is 270 g/mol. The van der Waals surface area contributed by atoms with Crippen molar-refractivity contribution in [3.8, 4) is 21.7 Å². The van der Waals surface area contributed by atoms with Crippen molar-refractivity contribution in [2.24, 2.45) is 0 Å². The maximum absolute atomic E-state index is 6.12. The highest BCUT2D eigenvalue weighted by Gasteiger charge is 2.20. The third-order valence-electron chi connectivity index (χ3n) is 2.50. The molecule has 0 amide bonds. The van der Waals surface area contributed by atoms with Gasteiger partial charge in [-0.25, -0.2) is 0 Å². The molecule has 0 spiro atoms. The summed E-state index contributed by atoms with van der Waals surface area (Å²) in [6, 6.07) is 5.56. The molecule has 0 saturated heterocycles. The quantitative estimate of drug-likeness (QED) is 0.776. The fourth-order valence-corrected chi connectivity index (χ4v) is 2.84. The molecule has 0 aromatic carbocycles. The van der Waals surface area contributed by atoms with Crippen LogP contribution in [0.1, 0.15) is 0 Å². The number of nitrogens with zero attached hydrogens (tertiary/aromatic N) is 2. The van der Waals surface area contributed by atoms with Crippen molar-refractivity contribution in [1.82, 2.24) is 10.1 Å². The Morgan fingerprint density at radius 3 is 2.89 bits per heavy atom. The molecule has 0 aliphatic rings. The van der Waals surface area contributed by atoms with Crippen LogP contribution in [-0.4, -0.2) is 10.1 Å². The zero-order valence-electron chi connectivity index (χ0n) is 9.13. The van der Waals surface area contributed by atoms with E-state index in [4.69, 9.17) is 21.9 Å². The highest BCUT2D eigenvalue weighted by atomic mass is 35.5. The van der Waals surface area contributed by atoms with Gasteiger partial charge in [-0.1, -0.05) is 22.8 Å². The lowest BCUT2D eigenvalue weighted by Gasteiger charge is -2.00. The molecule has 6 heteroatoms. The molecule has 3 rings (SSSR count). The molecule has 18 heavy (non-hydrogen) atoms. The SMILES string of the molecule is Nc1onc(-c2sccc2Cl)c1-c1cccnc1. The number of halogens is 1. The number of nitrogens with two attached hydrogens (primary N) is 1. The number of hydrogen-bond acceptors (Lipinski definition) is 5. The third-order valence-corrected chi connectivity index (χ3v) is 3.85. The van der Waals surface area contributed by atoms with Crippen LogP contribution in [-0.2, 0) is 0 Å². The molecule has 0 fully saturated rings. The Morgan fingerprint density at radius 2 is 2.22 bits per heavy atom. The smallest absolute Gasteiger partial charge is 0.230 e. The molecule has 0 atom stereocenters. The van der Waals surface area contributed by atoms with Gasteiger partial charge in [0.1, 0.15) is 5.69 Å². The van der Waals surface area contributed by atoms with Crippen LogP contribution in [0.4, 0.5) is 5.88 Å². The molecule has 3 aromatic rings. The molecule has 90 valence electrons. The van der Waals surface area contributed by atoms with Gasteiger partial charge in [0.15, 0.2) is 0 Å². The predicted molar refractivity (Wildman–Crippen MR) is 72.5 cm³/mol. The Morgan fingerprint density at radius 1 is 1.33 bits per heavy atom. The Labute approximate surface area is 112 Å². The Bertz CT molecular complexity index is 678. The largest absolute Gasteiger partial charge is 0.367 e. The first-order chi connectivity index (χ1) is 8.77. The predicted octanol–water partition coefficient (Wildman–Crippen LogP) is 3.70. The highest BCUT2D eigenvalue weighted by Crippen LogP contribution is 2.41. The van der Waals surface area contributed by atoms with Crippen LogP contribution < -0.4 is 5.73 Å². The van der Waals surface area contributed by atoms with E-state index in [1.807, 2.05) is 23.6 Å². The van der Waals surface area contributed by atoms with Crippen LogP contribution in [0, 0.1) is 0 Å². The molecule has 0 bridgehead atoms. The second kappa shape index (κ2) is 4.44. The lowest BCUT2D eigenvalue weighted by molar-refractivity contribution is 0.439. The number of hydrogen-bond donors (Lipinski definition) is 1. The van der Waals surface area contributed by atoms with Gasteiger partial charge in [-0.2, -0.15) is 0 Å². The molecule has 4 nitrogen and oxygen atoms in total. The first-order valence-electron chi connectivity index (χ1n) is 5.16. The van der Waals surface area contributed by atoms with Gasteiger partial charge >= 0.3 is 0 Å². The Kier molecular flexibility index (Phi) is 2.77. The summed E-state index contributed by atoms with van der Waals surface area (Å²) < 4.78 is 5.08. The molecule has 0 aliphatic carbocycles. The van der Waals surface area contributed by atoms with E-state index < -0.39 is 0 Å². The zero-order valence-corrected chi connectivity index (χ0v) is 10.7. The Hall–Kier alpha value is -1.85. The van der Waals surface area contributed by atoms with Crippen LogP contribution in [0.5, 0.6) is 0 Å². The first kappa shape index (κ1) is 11.3. The maximum Gasteiger partial charge on any atom is 0.230 e. The van der Waals surface area contributed by atoms with Gasteiger partial charge in [0, 0.05) is 18.0 Å². The van der Waals surface area contributed by atoms with Gasteiger partial charge in [-0.05, 0) is 17.5 Å². The van der Waals surface area contributed by atoms with Gasteiger partial charge in [0.25, 0.3) is 0 Å². The third kappa shape index (κ3) is 1.77. The summed E-state index contributed by atoms with van der Waals surface area (Å²) in [5.74, 6) is 0.266. The highest BCUT2D eigenvalue weighted by molar-refractivity contribution is 7.14. The van der Waals surface area contributed by atoms with E-state index in [9.17, 15) is 0 Å². The summed E-state index contributed by atoms with van der Waals surface area (Å²) in [7, 11) is 0. The number of thiophene rings is 1. The zero-order chi connectivity index (χ0) is 12.5. The molecule has 0 radical (unpaired) electrons. The molecule has 0 aliphatic heterocycles. The number of aromatic nitrogens is 2. The van der Waals surface area contributed by atoms with E-state index in [1.54, 1.807) is 12.4 Å². The number of anilines is 1. The van der Waals surface area contributed by atoms with Gasteiger partial charge in [0.05, 0.1) is 15.5 Å². The summed E-state index contributed by atoms with van der Waals surface area (Å²) in [6.45, 7) is 0. The van der Waals surface area contributed by atoms with Crippen molar-refractivity contribution < 1.29 is 4.52 Å². The Balaban J connectivity index is 2.22. The van der Waals surface area contributed by atoms with Crippen molar-refractivity contribution in [1.29, 1.82) is 0 Å². The van der Waals surface area contributed by atoms with E-state index in [0.29, 0.717) is 10.7 Å². The summed E-state index contributed by atoms with van der Waals surface area (Å²) in [6.07, 6.45) is 3.42. The summed E-state index contributed by atoms with van der Waals surface area (Å²) in [5.41, 5.74) is 8.07. The second-order valence-corrected chi connectivity index (χ2v) is 4.93. The van der Waals surface area contributed by atoms with Crippen LogP contribution >= 0.6 is 22.9 Å². The molecule has 0 saturated carbocycles. The second-order valence-electron chi connectivity index (χ2n) is 3.61. The van der Waals surface area contributed by atoms with Crippen LogP contribution in [0.25, 0.3) is 21.7 Å². The molecular formula is C12H8ClN3OS. The summed E-state index contributed by atoms with van der Waals surface area (Å²) >= 11 is 7.61. The summed E-state index contributed by atoms with van der Waals surface area (Å²) in [5, 5.41) is 6.53. The van der Waals surface area contributed by atoms with Gasteiger partial charge in [-0.15, -0.1) is 11.3 Å². The van der Waals surface area contributed by atoms with E-state index in [0.717, 1.165) is 16.0 Å². The monoisotopic (exact) mass is 277 g/mol. The average molecular weight is 278 g/mol. The van der Waals surface area contributed by atoms with Crippen LogP contribution in [0.15, 0.2) is 40.5 Å². The van der Waals surface area contributed by atoms with Crippen molar-refractivity contribution in [3.05, 3.63) is 41.0 Å². The van der Waals surface area contributed by atoms with E-state index in [2.05, 4.69) is 10.1 Å². The van der Waals surface area contributed by atoms with Gasteiger partial charge in [-0.3, -0.25) is 4.98 Å². The van der Waals surface area contributed by atoms with Gasteiger partial charge < -0.3 is 10.3 Å². The minimum atomic E-state index is 0.266. The molecule has 0 unspecified atom stereocenters. The van der Waals surface area contributed by atoms with Crippen LogP contribution in [0.2, 0.25) is 5.02 Å². The average Bonchev–Trinajstić information content (AvgIpc) is 2.96. The standard InChI is InChI=1S/C12H8ClN3OS/c13-8-3-5-18-11(8)10-9(12(14)17-16-10)7-2-1-4-15-6-7/h1-6H,14H2. The topological polar surface area (TPSA) is 64.9 Å². The normalized spacial score (nSPS) is 10.7. The fourth-order valence-electron chi connectivity index (χ4n) is 1.71. The lowest BCUT2D eigenvalue weighted by atomic mass is 10.1. The maximum atomic E-state index is 6.12. The van der Waals surface area contributed by atoms with E-state index in [-0.39, 0.29) is 5.88 Å². The molecule has 3 heterocycles. The fraction of sp³-hybridized carbons (Fsp3) is 0. The van der Waals surface area contributed by atoms with Crippen molar-refractivity contribution in [2.75, 3.05) is 5.73 Å². The minimum absolute atomic E-state index is 0.266. The van der Waals surface area contributed by atoms with E-state index >= 15 is 0 Å². The number of rotatable bonds is 2. The van der Waals surface area contributed by atoms with Crippen molar-refractivity contribution in [2.45, 2.75) is 0 Å². The van der Waals surface area contributed by atoms with Crippen molar-refractivity contribution >= 4 is 28.8 Å². The van der Waals surface area contributed by atoms with E-state index in [1.165, 1.54) is 11.3 Å². The molecule has 2 N–H and O–H groups in total.